The lowest BCUT2D eigenvalue weighted by molar-refractivity contribution is -0.146. The van der Waals surface area contributed by atoms with Crippen LogP contribution in [0.5, 0.6) is 5.75 Å². The molecule has 1 unspecified atom stereocenters. The van der Waals surface area contributed by atoms with Crippen molar-refractivity contribution < 1.29 is 27.5 Å². The number of anilines is 1. The second-order valence-corrected chi connectivity index (χ2v) is 6.88. The molecule has 0 aliphatic carbocycles. The number of H-pyrrole nitrogens is 1. The first-order valence-electron chi connectivity index (χ1n) is 9.28. The largest absolute Gasteiger partial charge is 0.491 e. The zero-order valence-corrected chi connectivity index (χ0v) is 16.7. The number of nitrogens with zero attached hydrogens (tertiary/aromatic N) is 3. The normalized spacial score (nSPS) is 14.7. The van der Waals surface area contributed by atoms with Gasteiger partial charge in [-0.1, -0.05) is 12.1 Å². The highest BCUT2D eigenvalue weighted by Gasteiger charge is 2.37. The number of benzene rings is 1. The van der Waals surface area contributed by atoms with Crippen LogP contribution in [-0.2, 0) is 4.79 Å². The molecule has 4 rings (SSSR count). The summed E-state index contributed by atoms with van der Waals surface area (Å²) in [5.74, 6) is -1.58. The molecular weight excluding hydrogens is 415 g/mol. The van der Waals surface area contributed by atoms with Gasteiger partial charge in [0.25, 0.3) is 5.91 Å². The van der Waals surface area contributed by atoms with Gasteiger partial charge in [-0.3, -0.25) is 14.7 Å². The molecule has 0 radical (unpaired) electrons. The Morgan fingerprint density at radius 1 is 1.32 bits per heavy atom. The molecular formula is C20H20F3N5O3. The second-order valence-electron chi connectivity index (χ2n) is 6.88. The van der Waals surface area contributed by atoms with E-state index in [4.69, 9.17) is 10.5 Å². The molecule has 1 aliphatic heterocycles. The minimum atomic E-state index is -4.37. The van der Waals surface area contributed by atoms with Gasteiger partial charge in [0.1, 0.15) is 11.4 Å². The van der Waals surface area contributed by atoms with Crippen molar-refractivity contribution in [2.24, 2.45) is 5.73 Å². The molecule has 0 fully saturated rings. The van der Waals surface area contributed by atoms with Crippen LogP contribution in [0.15, 0.2) is 36.5 Å². The number of hydrogen-bond acceptors (Lipinski definition) is 5. The number of fused-ring (bicyclic) bond motifs is 2. The monoisotopic (exact) mass is 435 g/mol. The van der Waals surface area contributed by atoms with Crippen molar-refractivity contribution in [2.45, 2.75) is 25.4 Å². The highest BCUT2D eigenvalue weighted by atomic mass is 19.4. The Morgan fingerprint density at radius 2 is 2.03 bits per heavy atom. The molecule has 31 heavy (non-hydrogen) atoms. The molecule has 1 aromatic carbocycles. The SMILES string of the molecule is CC(c1cnc2n[nH]c(C(N)=O)c2c1)C(F)(F)F.CN1C(=O)CCOc2ccccc21. The van der Waals surface area contributed by atoms with Gasteiger partial charge in [-0.15, -0.1) is 0 Å². The van der Waals surface area contributed by atoms with Gasteiger partial charge in [0.15, 0.2) is 5.65 Å². The first kappa shape index (κ1) is 22.1. The number of halogens is 3. The highest BCUT2D eigenvalue weighted by Crippen LogP contribution is 2.35. The van der Waals surface area contributed by atoms with Crippen molar-refractivity contribution in [3.63, 3.8) is 0 Å². The molecule has 0 spiro atoms. The van der Waals surface area contributed by atoms with E-state index in [9.17, 15) is 22.8 Å². The zero-order chi connectivity index (χ0) is 22.8. The lowest BCUT2D eigenvalue weighted by Gasteiger charge is -2.15. The van der Waals surface area contributed by atoms with Gasteiger partial charge in [0, 0.05) is 13.2 Å². The maximum atomic E-state index is 12.6. The van der Waals surface area contributed by atoms with Crippen LogP contribution in [0.1, 0.15) is 35.3 Å². The number of ether oxygens (including phenoxy) is 1. The molecule has 0 bridgehead atoms. The number of pyridine rings is 1. The molecule has 164 valence electrons. The quantitative estimate of drug-likeness (QED) is 0.642. The molecule has 3 heterocycles. The molecule has 0 saturated heterocycles. The lowest BCUT2D eigenvalue weighted by atomic mass is 10.0. The number of aromatic nitrogens is 3. The third-order valence-corrected chi connectivity index (χ3v) is 4.84. The lowest BCUT2D eigenvalue weighted by Crippen LogP contribution is -2.24. The van der Waals surface area contributed by atoms with Crippen LogP contribution in [0, 0.1) is 0 Å². The Bertz CT molecular complexity index is 1110. The van der Waals surface area contributed by atoms with Gasteiger partial charge in [0.2, 0.25) is 5.91 Å². The third kappa shape index (κ3) is 4.76. The first-order chi connectivity index (χ1) is 14.6. The molecule has 11 heteroatoms. The minimum absolute atomic E-state index is 0.0427. The molecule has 1 atom stereocenters. The Morgan fingerprint density at radius 3 is 2.71 bits per heavy atom. The van der Waals surface area contributed by atoms with Crippen LogP contribution >= 0.6 is 0 Å². The number of rotatable bonds is 2. The zero-order valence-electron chi connectivity index (χ0n) is 16.7. The second kappa shape index (κ2) is 8.62. The van der Waals surface area contributed by atoms with Gasteiger partial charge in [-0.2, -0.15) is 18.3 Å². The summed E-state index contributed by atoms with van der Waals surface area (Å²) >= 11 is 0. The number of primary amides is 1. The number of alkyl halides is 3. The van der Waals surface area contributed by atoms with Crippen LogP contribution in [0.3, 0.4) is 0 Å². The summed E-state index contributed by atoms with van der Waals surface area (Å²) in [6, 6.07) is 8.80. The molecule has 2 aromatic heterocycles. The van der Waals surface area contributed by atoms with Crippen LogP contribution in [0.25, 0.3) is 11.0 Å². The number of nitrogens with one attached hydrogen (secondary N) is 1. The summed E-state index contributed by atoms with van der Waals surface area (Å²) in [6.45, 7) is 1.49. The van der Waals surface area contributed by atoms with Crippen molar-refractivity contribution in [1.82, 2.24) is 15.2 Å². The summed E-state index contributed by atoms with van der Waals surface area (Å²) in [4.78, 5) is 27.9. The van der Waals surface area contributed by atoms with Crippen molar-refractivity contribution in [2.75, 3.05) is 18.6 Å². The number of carbonyl (C=O) groups is 2. The predicted molar refractivity (Wildman–Crippen MR) is 107 cm³/mol. The van der Waals surface area contributed by atoms with Gasteiger partial charge < -0.3 is 15.4 Å². The minimum Gasteiger partial charge on any atom is -0.491 e. The van der Waals surface area contributed by atoms with Gasteiger partial charge in [-0.25, -0.2) is 4.98 Å². The van der Waals surface area contributed by atoms with Gasteiger partial charge >= 0.3 is 6.18 Å². The summed E-state index contributed by atoms with van der Waals surface area (Å²) < 4.78 is 43.2. The van der Waals surface area contributed by atoms with E-state index >= 15 is 0 Å². The average molecular weight is 435 g/mol. The fourth-order valence-electron chi connectivity index (χ4n) is 2.94. The molecule has 8 nitrogen and oxygen atoms in total. The molecule has 0 saturated carbocycles. The third-order valence-electron chi connectivity index (χ3n) is 4.84. The summed E-state index contributed by atoms with van der Waals surface area (Å²) in [7, 11) is 1.77. The maximum Gasteiger partial charge on any atom is 0.395 e. The number of hydrogen-bond donors (Lipinski definition) is 2. The number of para-hydroxylation sites is 2. The van der Waals surface area contributed by atoms with Gasteiger partial charge in [0.05, 0.1) is 30.0 Å². The summed E-state index contributed by atoms with van der Waals surface area (Å²) in [5.41, 5.74) is 5.99. The standard InChI is InChI=1S/C10H9F3N4O.C10H11NO2/c1-4(10(11,12)13)5-2-6-7(8(14)18)16-17-9(6)15-3-5;1-11-8-4-2-3-5-9(8)13-7-6-10(11)12/h2-4H,1H3,(H2,14,18)(H,15,16,17);2-5H,6-7H2,1H3. The van der Waals surface area contributed by atoms with E-state index in [2.05, 4.69) is 15.2 Å². The summed E-state index contributed by atoms with van der Waals surface area (Å²) in [5, 5.41) is 6.22. The van der Waals surface area contributed by atoms with E-state index < -0.39 is 18.0 Å². The van der Waals surface area contributed by atoms with Crippen LogP contribution < -0.4 is 15.4 Å². The van der Waals surface area contributed by atoms with Crippen LogP contribution in [0.4, 0.5) is 18.9 Å². The smallest absolute Gasteiger partial charge is 0.395 e. The van der Waals surface area contributed by atoms with Gasteiger partial charge in [-0.05, 0) is 30.7 Å². The fraction of sp³-hybridized carbons (Fsp3) is 0.300. The molecule has 2 amide bonds. The molecule has 3 N–H and O–H groups in total. The van der Waals surface area contributed by atoms with Crippen LogP contribution in [0.2, 0.25) is 0 Å². The van der Waals surface area contributed by atoms with Crippen molar-refractivity contribution in [1.29, 1.82) is 0 Å². The van der Waals surface area contributed by atoms with Crippen LogP contribution in [-0.4, -0.2) is 46.8 Å². The van der Waals surface area contributed by atoms with E-state index in [0.29, 0.717) is 13.0 Å². The fourth-order valence-corrected chi connectivity index (χ4v) is 2.94. The van der Waals surface area contributed by atoms with E-state index in [1.54, 1.807) is 11.9 Å². The first-order valence-corrected chi connectivity index (χ1v) is 9.28. The molecule has 3 aromatic rings. The Hall–Kier alpha value is -3.63. The van der Waals surface area contributed by atoms with E-state index in [1.807, 2.05) is 24.3 Å². The number of nitrogens with two attached hydrogens (primary N) is 1. The van der Waals surface area contributed by atoms with E-state index in [1.165, 1.54) is 6.07 Å². The highest BCUT2D eigenvalue weighted by molar-refractivity contribution is 6.03. The molecule has 1 aliphatic rings. The number of aromatic amines is 1. The number of amides is 2. The topological polar surface area (TPSA) is 114 Å². The number of carbonyl (C=O) groups excluding carboxylic acids is 2. The predicted octanol–water partition coefficient (Wildman–Crippen LogP) is 3.15. The average Bonchev–Trinajstić information content (AvgIpc) is 3.10. The van der Waals surface area contributed by atoms with Crippen molar-refractivity contribution in [3.8, 4) is 5.75 Å². The Kier molecular flexibility index (Phi) is 6.14. The Balaban J connectivity index is 0.000000185. The van der Waals surface area contributed by atoms with Crippen molar-refractivity contribution >= 4 is 28.5 Å². The maximum absolute atomic E-state index is 12.6. The Labute approximate surface area is 175 Å². The van der Waals surface area contributed by atoms with Crippen molar-refractivity contribution in [3.05, 3.63) is 47.8 Å². The van der Waals surface area contributed by atoms with E-state index in [0.717, 1.165) is 24.6 Å². The van der Waals surface area contributed by atoms with E-state index in [-0.39, 0.29) is 28.2 Å². The summed E-state index contributed by atoms with van der Waals surface area (Å²) in [6.07, 6.45) is -2.83.